The van der Waals surface area contributed by atoms with E-state index in [-0.39, 0.29) is 23.6 Å². The molecule has 0 radical (unpaired) electrons. The van der Waals surface area contributed by atoms with E-state index in [4.69, 9.17) is 5.73 Å². The van der Waals surface area contributed by atoms with Gasteiger partial charge in [-0.15, -0.1) is 0 Å². The van der Waals surface area contributed by atoms with Gasteiger partial charge in [-0.25, -0.2) is 4.98 Å². The Morgan fingerprint density at radius 1 is 1.61 bits per heavy atom. The van der Waals surface area contributed by atoms with Crippen LogP contribution in [-0.4, -0.2) is 33.7 Å². The van der Waals surface area contributed by atoms with Crippen molar-refractivity contribution in [2.24, 2.45) is 5.73 Å². The van der Waals surface area contributed by atoms with Crippen LogP contribution in [-0.2, 0) is 4.79 Å². The minimum atomic E-state index is -0.362. The van der Waals surface area contributed by atoms with Crippen molar-refractivity contribution >= 4 is 17.7 Å². The Labute approximate surface area is 110 Å². The number of thioether (sulfide) groups is 1. The normalized spacial score (nSPS) is 12.6. The van der Waals surface area contributed by atoms with Crippen molar-refractivity contribution in [1.29, 1.82) is 0 Å². The van der Waals surface area contributed by atoms with Crippen LogP contribution in [0.1, 0.15) is 20.3 Å². The van der Waals surface area contributed by atoms with E-state index in [1.54, 1.807) is 0 Å². The molecule has 0 fully saturated rings. The second-order valence-electron chi connectivity index (χ2n) is 4.15. The smallest absolute Gasteiger partial charge is 0.251 e. The van der Waals surface area contributed by atoms with E-state index < -0.39 is 0 Å². The molecule has 1 amide bonds. The second-order valence-corrected chi connectivity index (χ2v) is 5.24. The Bertz CT molecular complexity index is 447. The van der Waals surface area contributed by atoms with Crippen molar-refractivity contribution in [3.63, 3.8) is 0 Å². The van der Waals surface area contributed by atoms with E-state index in [9.17, 15) is 9.59 Å². The van der Waals surface area contributed by atoms with Gasteiger partial charge in [0.1, 0.15) is 0 Å². The molecule has 1 unspecified atom stereocenters. The summed E-state index contributed by atoms with van der Waals surface area (Å²) in [5.41, 5.74) is 5.12. The van der Waals surface area contributed by atoms with Crippen molar-refractivity contribution < 1.29 is 4.79 Å². The van der Waals surface area contributed by atoms with Crippen LogP contribution < -0.4 is 16.6 Å². The van der Waals surface area contributed by atoms with Gasteiger partial charge in [0, 0.05) is 24.1 Å². The Kier molecular flexibility index (Phi) is 5.87. The van der Waals surface area contributed by atoms with Gasteiger partial charge in [0.25, 0.3) is 5.56 Å². The summed E-state index contributed by atoms with van der Waals surface area (Å²) < 4.78 is 0. The number of primary amides is 1. The second kappa shape index (κ2) is 7.17. The number of nitrogens with zero attached hydrogens (tertiary/aromatic N) is 1. The lowest BCUT2D eigenvalue weighted by Gasteiger charge is -2.17. The van der Waals surface area contributed by atoms with Crippen LogP contribution >= 0.6 is 11.8 Å². The van der Waals surface area contributed by atoms with Gasteiger partial charge in [-0.2, -0.15) is 0 Å². The van der Waals surface area contributed by atoms with E-state index in [0.717, 1.165) is 0 Å². The third kappa shape index (κ3) is 5.33. The van der Waals surface area contributed by atoms with Crippen LogP contribution in [0.3, 0.4) is 0 Å². The summed E-state index contributed by atoms with van der Waals surface area (Å²) in [6, 6.07) is 1.20. The molecule has 6 nitrogen and oxygen atoms in total. The quantitative estimate of drug-likeness (QED) is 0.482. The van der Waals surface area contributed by atoms with Gasteiger partial charge in [0.2, 0.25) is 5.91 Å². The standard InChI is InChI=1S/C11H18N4O2S/c1-7(2)14-8(10(12)17)4-6-18-11-13-5-3-9(16)15-11/h3,5,7-8,14H,4,6H2,1-2H3,(H2,12,17)(H,13,15,16). The predicted octanol–water partition coefficient (Wildman–Crippen LogP) is 0.104. The zero-order valence-corrected chi connectivity index (χ0v) is 11.3. The number of carbonyl (C=O) groups excluding carboxylic acids is 1. The minimum absolute atomic E-state index is 0.181. The predicted molar refractivity (Wildman–Crippen MR) is 71.5 cm³/mol. The SMILES string of the molecule is CC(C)NC(CCSc1nccc(=O)[nH]1)C(N)=O. The van der Waals surface area contributed by atoms with Crippen LogP contribution in [0, 0.1) is 0 Å². The van der Waals surface area contributed by atoms with Crippen molar-refractivity contribution in [2.75, 3.05) is 5.75 Å². The highest BCUT2D eigenvalue weighted by molar-refractivity contribution is 7.99. The summed E-state index contributed by atoms with van der Waals surface area (Å²) in [6.07, 6.45) is 2.05. The summed E-state index contributed by atoms with van der Waals surface area (Å²) in [6.45, 7) is 3.92. The number of rotatable bonds is 7. The molecule has 0 aliphatic heterocycles. The van der Waals surface area contributed by atoms with Gasteiger partial charge in [0.05, 0.1) is 6.04 Å². The first-order valence-electron chi connectivity index (χ1n) is 5.72. The first kappa shape index (κ1) is 14.7. The van der Waals surface area contributed by atoms with Crippen molar-refractivity contribution in [3.05, 3.63) is 22.6 Å². The van der Waals surface area contributed by atoms with Crippen LogP contribution in [0.25, 0.3) is 0 Å². The topological polar surface area (TPSA) is 101 Å². The molecule has 18 heavy (non-hydrogen) atoms. The molecule has 1 aromatic rings. The molecule has 7 heteroatoms. The van der Waals surface area contributed by atoms with Gasteiger partial charge in [0.15, 0.2) is 5.16 Å². The Morgan fingerprint density at radius 2 is 2.33 bits per heavy atom. The highest BCUT2D eigenvalue weighted by atomic mass is 32.2. The maximum atomic E-state index is 11.2. The van der Waals surface area contributed by atoms with Gasteiger partial charge in [-0.05, 0) is 6.42 Å². The number of carbonyl (C=O) groups is 1. The van der Waals surface area contributed by atoms with E-state index in [0.29, 0.717) is 17.3 Å². The van der Waals surface area contributed by atoms with Gasteiger partial charge >= 0.3 is 0 Å². The molecular formula is C11H18N4O2S. The fraction of sp³-hybridized carbons (Fsp3) is 0.545. The summed E-state index contributed by atoms with van der Waals surface area (Å²) in [5.74, 6) is 0.291. The highest BCUT2D eigenvalue weighted by Crippen LogP contribution is 2.12. The third-order valence-electron chi connectivity index (χ3n) is 2.17. The number of H-pyrrole nitrogens is 1. The first-order valence-corrected chi connectivity index (χ1v) is 6.71. The van der Waals surface area contributed by atoms with Crippen molar-refractivity contribution in [2.45, 2.75) is 37.5 Å². The lowest BCUT2D eigenvalue weighted by atomic mass is 10.2. The molecule has 0 bridgehead atoms. The number of hydrogen-bond donors (Lipinski definition) is 3. The lowest BCUT2D eigenvalue weighted by molar-refractivity contribution is -0.120. The van der Waals surface area contributed by atoms with Crippen LogP contribution in [0.4, 0.5) is 0 Å². The Hall–Kier alpha value is -1.34. The molecule has 0 aliphatic rings. The molecular weight excluding hydrogens is 252 g/mol. The Balaban J connectivity index is 2.43. The average Bonchev–Trinajstić information content (AvgIpc) is 2.27. The molecule has 100 valence electrons. The van der Waals surface area contributed by atoms with Crippen LogP contribution in [0.2, 0.25) is 0 Å². The highest BCUT2D eigenvalue weighted by Gasteiger charge is 2.15. The molecule has 0 saturated heterocycles. The third-order valence-corrected chi connectivity index (χ3v) is 3.09. The minimum Gasteiger partial charge on any atom is -0.368 e. The number of hydrogen-bond acceptors (Lipinski definition) is 5. The lowest BCUT2D eigenvalue weighted by Crippen LogP contribution is -2.44. The van der Waals surface area contributed by atoms with Crippen molar-refractivity contribution in [3.8, 4) is 0 Å². The van der Waals surface area contributed by atoms with E-state index in [1.165, 1.54) is 24.0 Å². The molecule has 0 saturated carbocycles. The van der Waals surface area contributed by atoms with Crippen LogP contribution in [0.5, 0.6) is 0 Å². The number of aromatic amines is 1. The molecule has 1 rings (SSSR count). The number of aromatic nitrogens is 2. The molecule has 0 aliphatic carbocycles. The number of nitrogens with one attached hydrogen (secondary N) is 2. The Morgan fingerprint density at radius 3 is 2.89 bits per heavy atom. The maximum Gasteiger partial charge on any atom is 0.251 e. The molecule has 1 aromatic heterocycles. The summed E-state index contributed by atoms with van der Waals surface area (Å²) in [7, 11) is 0. The van der Waals surface area contributed by atoms with Gasteiger partial charge in [-0.3, -0.25) is 9.59 Å². The van der Waals surface area contributed by atoms with Gasteiger partial charge in [-0.1, -0.05) is 25.6 Å². The molecule has 4 N–H and O–H groups in total. The summed E-state index contributed by atoms with van der Waals surface area (Å²) >= 11 is 1.39. The summed E-state index contributed by atoms with van der Waals surface area (Å²) in [4.78, 5) is 28.9. The first-order chi connectivity index (χ1) is 8.49. The van der Waals surface area contributed by atoms with E-state index in [2.05, 4.69) is 15.3 Å². The zero-order valence-electron chi connectivity index (χ0n) is 10.5. The van der Waals surface area contributed by atoms with E-state index in [1.807, 2.05) is 13.8 Å². The van der Waals surface area contributed by atoms with Crippen LogP contribution in [0.15, 0.2) is 22.2 Å². The van der Waals surface area contributed by atoms with E-state index >= 15 is 0 Å². The summed E-state index contributed by atoms with van der Waals surface area (Å²) in [5, 5.41) is 3.65. The monoisotopic (exact) mass is 270 g/mol. The maximum absolute atomic E-state index is 11.2. The fourth-order valence-corrected chi connectivity index (χ4v) is 2.26. The molecule has 1 heterocycles. The molecule has 0 spiro atoms. The zero-order chi connectivity index (χ0) is 13.5. The largest absolute Gasteiger partial charge is 0.368 e. The number of amides is 1. The van der Waals surface area contributed by atoms with Gasteiger partial charge < -0.3 is 16.0 Å². The average molecular weight is 270 g/mol. The molecule has 1 atom stereocenters. The number of nitrogens with two attached hydrogens (primary N) is 1. The van der Waals surface area contributed by atoms with Crippen molar-refractivity contribution in [1.82, 2.24) is 15.3 Å². The molecule has 0 aromatic carbocycles. The fourth-order valence-electron chi connectivity index (χ4n) is 1.41.